The molecule has 1 atom stereocenters. The number of hydrogen-bond acceptors (Lipinski definition) is 6. The maximum Gasteiger partial charge on any atom is 0.421 e. The number of primary amides is 1. The van der Waals surface area contributed by atoms with Gasteiger partial charge in [0.05, 0.1) is 0 Å². The van der Waals surface area contributed by atoms with Gasteiger partial charge in [0, 0.05) is 43.0 Å². The van der Waals surface area contributed by atoms with E-state index in [4.69, 9.17) is 5.73 Å². The average molecular weight is 516 g/mol. The summed E-state index contributed by atoms with van der Waals surface area (Å²) >= 11 is 0. The van der Waals surface area contributed by atoms with Crippen LogP contribution in [0.15, 0.2) is 54.7 Å². The van der Waals surface area contributed by atoms with E-state index in [1.54, 1.807) is 30.3 Å². The van der Waals surface area contributed by atoms with Crippen molar-refractivity contribution in [3.05, 3.63) is 77.2 Å². The van der Waals surface area contributed by atoms with E-state index in [0.29, 0.717) is 42.4 Å². The highest BCUT2D eigenvalue weighted by atomic mass is 19.4. The Morgan fingerprint density at radius 1 is 1.14 bits per heavy atom. The van der Waals surface area contributed by atoms with Gasteiger partial charge < -0.3 is 21.3 Å². The normalized spacial score (nSPS) is 15.8. The van der Waals surface area contributed by atoms with Crippen molar-refractivity contribution >= 4 is 29.3 Å². The summed E-state index contributed by atoms with van der Waals surface area (Å²) in [7, 11) is 0. The van der Waals surface area contributed by atoms with Crippen LogP contribution in [-0.4, -0.2) is 39.8 Å². The third-order valence-electron chi connectivity index (χ3n) is 5.95. The average Bonchev–Trinajstić information content (AvgIpc) is 2.87. The molecule has 0 radical (unpaired) electrons. The lowest BCUT2D eigenvalue weighted by atomic mass is 9.90. The van der Waals surface area contributed by atoms with Crippen LogP contribution in [-0.2, 0) is 12.7 Å². The summed E-state index contributed by atoms with van der Waals surface area (Å²) in [4.78, 5) is 33.7. The monoisotopic (exact) mass is 516 g/mol. The second-order valence-electron chi connectivity index (χ2n) is 8.63. The Balaban J connectivity index is 1.52. The highest BCUT2D eigenvalue weighted by molar-refractivity contribution is 5.99. The molecule has 8 nitrogen and oxygen atoms in total. The van der Waals surface area contributed by atoms with Crippen molar-refractivity contribution in [2.45, 2.75) is 25.6 Å². The number of Topliss-reactive ketones (excluding diaryl/α,β-unsaturated/α-hetero) is 1. The van der Waals surface area contributed by atoms with Crippen molar-refractivity contribution in [1.82, 2.24) is 14.9 Å². The van der Waals surface area contributed by atoms with Gasteiger partial charge in [-0.05, 0) is 42.7 Å². The first-order valence-electron chi connectivity index (χ1n) is 11.5. The number of piperidine rings is 1. The number of benzene rings is 2. The standard InChI is InChI=1S/C25H24F4N6O2/c26-18-7-1-4-15(10-18)12-31-22-20(25(27,28)29)13-32-24(34-22)33-19-8-2-5-16(11-19)21(36)17-6-3-9-35(14-17)23(30)37/h1-2,4-5,7-8,10-11,13,17H,3,6,9,12,14H2,(H2,30,37)(H2,31,32,33,34). The molecule has 1 aromatic heterocycles. The minimum Gasteiger partial charge on any atom is -0.365 e. The highest BCUT2D eigenvalue weighted by Gasteiger charge is 2.35. The lowest BCUT2D eigenvalue weighted by Crippen LogP contribution is -2.44. The van der Waals surface area contributed by atoms with Crippen LogP contribution in [0, 0.1) is 11.7 Å². The topological polar surface area (TPSA) is 113 Å². The molecule has 1 unspecified atom stereocenters. The van der Waals surface area contributed by atoms with Crippen LogP contribution in [0.4, 0.5) is 39.8 Å². The summed E-state index contributed by atoms with van der Waals surface area (Å²) in [6.45, 7) is 0.640. The summed E-state index contributed by atoms with van der Waals surface area (Å²) in [6, 6.07) is 11.3. The molecule has 4 rings (SSSR count). The molecule has 194 valence electrons. The summed E-state index contributed by atoms with van der Waals surface area (Å²) in [5.74, 6) is -1.68. The Bertz CT molecular complexity index is 1300. The first-order chi connectivity index (χ1) is 17.6. The molecule has 1 saturated heterocycles. The predicted octanol–water partition coefficient (Wildman–Crippen LogP) is 4.96. The number of likely N-dealkylation sites (tertiary alicyclic amines) is 1. The molecule has 4 N–H and O–H groups in total. The Kier molecular flexibility index (Phi) is 7.55. The number of nitrogens with one attached hydrogen (secondary N) is 2. The molecule has 0 spiro atoms. The fraction of sp³-hybridized carbons (Fsp3) is 0.280. The number of carbonyl (C=O) groups is 2. The van der Waals surface area contributed by atoms with E-state index in [-0.39, 0.29) is 24.8 Å². The third-order valence-corrected chi connectivity index (χ3v) is 5.95. The van der Waals surface area contributed by atoms with E-state index in [0.717, 1.165) is 0 Å². The van der Waals surface area contributed by atoms with Crippen LogP contribution >= 0.6 is 0 Å². The van der Waals surface area contributed by atoms with Crippen molar-refractivity contribution in [3.63, 3.8) is 0 Å². The third kappa shape index (κ3) is 6.51. The van der Waals surface area contributed by atoms with Gasteiger partial charge in [-0.2, -0.15) is 18.2 Å². The number of urea groups is 1. The van der Waals surface area contributed by atoms with Crippen molar-refractivity contribution in [3.8, 4) is 0 Å². The quantitative estimate of drug-likeness (QED) is 0.302. The second kappa shape index (κ2) is 10.8. The van der Waals surface area contributed by atoms with E-state index in [1.807, 2.05) is 0 Å². The summed E-state index contributed by atoms with van der Waals surface area (Å²) in [6.07, 6.45) is -2.79. The van der Waals surface area contributed by atoms with Crippen LogP contribution in [0.25, 0.3) is 0 Å². The number of carbonyl (C=O) groups excluding carboxylic acids is 2. The van der Waals surface area contributed by atoms with Gasteiger partial charge in [0.2, 0.25) is 5.95 Å². The summed E-state index contributed by atoms with van der Waals surface area (Å²) < 4.78 is 54.0. The zero-order valence-electron chi connectivity index (χ0n) is 19.6. The Morgan fingerprint density at radius 2 is 1.92 bits per heavy atom. The molecular weight excluding hydrogens is 492 g/mol. The van der Waals surface area contributed by atoms with Crippen molar-refractivity contribution in [2.24, 2.45) is 11.7 Å². The molecule has 37 heavy (non-hydrogen) atoms. The molecule has 3 aromatic rings. The molecular formula is C25H24F4N6O2. The smallest absolute Gasteiger partial charge is 0.365 e. The number of amides is 2. The maximum atomic E-state index is 13.5. The number of anilines is 3. The van der Waals surface area contributed by atoms with Crippen molar-refractivity contribution < 1.29 is 27.2 Å². The van der Waals surface area contributed by atoms with Crippen molar-refractivity contribution in [1.29, 1.82) is 0 Å². The van der Waals surface area contributed by atoms with E-state index in [2.05, 4.69) is 20.6 Å². The van der Waals surface area contributed by atoms with Gasteiger partial charge in [0.15, 0.2) is 5.78 Å². The first kappa shape index (κ1) is 25.9. The second-order valence-corrected chi connectivity index (χ2v) is 8.63. The van der Waals surface area contributed by atoms with Gasteiger partial charge in [0.1, 0.15) is 17.2 Å². The van der Waals surface area contributed by atoms with Crippen LogP contribution in [0.2, 0.25) is 0 Å². The van der Waals surface area contributed by atoms with Crippen molar-refractivity contribution in [2.75, 3.05) is 23.7 Å². The van der Waals surface area contributed by atoms with Gasteiger partial charge in [0.25, 0.3) is 0 Å². The predicted molar refractivity (Wildman–Crippen MR) is 129 cm³/mol. The zero-order chi connectivity index (χ0) is 26.6. The fourth-order valence-electron chi connectivity index (χ4n) is 4.12. The molecule has 1 fully saturated rings. The molecule has 12 heteroatoms. The number of aromatic nitrogens is 2. The maximum absolute atomic E-state index is 13.5. The molecule has 0 aliphatic carbocycles. The minimum atomic E-state index is -4.71. The van der Waals surface area contributed by atoms with E-state index < -0.39 is 35.3 Å². The Hall–Kier alpha value is -4.22. The van der Waals surface area contributed by atoms with Crippen LogP contribution in [0.5, 0.6) is 0 Å². The lowest BCUT2D eigenvalue weighted by molar-refractivity contribution is -0.137. The lowest BCUT2D eigenvalue weighted by Gasteiger charge is -2.30. The van der Waals surface area contributed by atoms with Gasteiger partial charge in [-0.25, -0.2) is 14.2 Å². The number of rotatable bonds is 7. The minimum absolute atomic E-state index is 0.0923. The summed E-state index contributed by atoms with van der Waals surface area (Å²) in [5.41, 5.74) is 5.48. The first-order valence-corrected chi connectivity index (χ1v) is 11.5. The number of nitrogens with two attached hydrogens (primary N) is 1. The molecule has 2 aromatic carbocycles. The molecule has 2 amide bonds. The Morgan fingerprint density at radius 3 is 2.65 bits per heavy atom. The fourth-order valence-corrected chi connectivity index (χ4v) is 4.12. The van der Waals surface area contributed by atoms with Crippen LogP contribution in [0.3, 0.4) is 0 Å². The molecule has 1 aliphatic rings. The number of nitrogens with zero attached hydrogens (tertiary/aromatic N) is 3. The van der Waals surface area contributed by atoms with E-state index in [1.165, 1.54) is 23.1 Å². The van der Waals surface area contributed by atoms with Gasteiger partial charge >= 0.3 is 12.2 Å². The largest absolute Gasteiger partial charge is 0.421 e. The molecule has 0 bridgehead atoms. The zero-order valence-corrected chi connectivity index (χ0v) is 19.6. The molecule has 2 heterocycles. The summed E-state index contributed by atoms with van der Waals surface area (Å²) in [5, 5.41) is 5.43. The number of alkyl halides is 3. The van der Waals surface area contributed by atoms with E-state index >= 15 is 0 Å². The SMILES string of the molecule is NC(=O)N1CCCC(C(=O)c2cccc(Nc3ncc(C(F)(F)F)c(NCc4cccc(F)c4)n3)c2)C1. The number of hydrogen-bond donors (Lipinski definition) is 3. The molecule has 0 saturated carbocycles. The van der Waals surface area contributed by atoms with Gasteiger partial charge in [-0.3, -0.25) is 4.79 Å². The van der Waals surface area contributed by atoms with Crippen LogP contribution in [0.1, 0.15) is 34.3 Å². The van der Waals surface area contributed by atoms with Crippen LogP contribution < -0.4 is 16.4 Å². The number of halogens is 4. The number of ketones is 1. The van der Waals surface area contributed by atoms with Gasteiger partial charge in [-0.15, -0.1) is 0 Å². The molecule has 1 aliphatic heterocycles. The Labute approximate surface area is 209 Å². The van der Waals surface area contributed by atoms with Gasteiger partial charge in [-0.1, -0.05) is 24.3 Å². The van der Waals surface area contributed by atoms with E-state index in [9.17, 15) is 27.2 Å². The highest BCUT2D eigenvalue weighted by Crippen LogP contribution is 2.34.